The van der Waals surface area contributed by atoms with Crippen LogP contribution in [-0.4, -0.2) is 57.1 Å². The highest BCUT2D eigenvalue weighted by molar-refractivity contribution is 6.32. The van der Waals surface area contributed by atoms with E-state index in [1.165, 1.54) is 4.40 Å². The van der Waals surface area contributed by atoms with Gasteiger partial charge in [0.05, 0.1) is 17.2 Å². The summed E-state index contributed by atoms with van der Waals surface area (Å²) in [6, 6.07) is 8.85. The maximum absolute atomic E-state index is 15.2. The molecule has 0 spiro atoms. The summed E-state index contributed by atoms with van der Waals surface area (Å²) in [4.78, 5) is 18.8. The van der Waals surface area contributed by atoms with Crippen LogP contribution in [0.25, 0.3) is 5.65 Å². The van der Waals surface area contributed by atoms with Crippen molar-refractivity contribution >= 4 is 23.2 Å². The minimum absolute atomic E-state index is 0.160. The Hall–Kier alpha value is -2.75. The highest BCUT2D eigenvalue weighted by Crippen LogP contribution is 2.35. The van der Waals surface area contributed by atoms with Gasteiger partial charge in [-0.3, -0.25) is 4.79 Å². The Bertz CT molecular complexity index is 1180. The SMILES string of the molecule is O=C(NC(CN1CCCC1)C(O)c1ccc(OC2CC2)c(Cl)c1)C(F)(F)c1cn2ccccc2n1. The number of benzene rings is 1. The molecule has 5 rings (SSSR count). The Kier molecular flexibility index (Phi) is 6.65. The molecule has 10 heteroatoms. The number of rotatable bonds is 9. The predicted molar refractivity (Wildman–Crippen MR) is 127 cm³/mol. The zero-order chi connectivity index (χ0) is 24.6. The lowest BCUT2D eigenvalue weighted by atomic mass is 10.0. The minimum Gasteiger partial charge on any atom is -0.489 e. The number of hydrogen-bond acceptors (Lipinski definition) is 5. The summed E-state index contributed by atoms with van der Waals surface area (Å²) in [5.74, 6) is -4.87. The van der Waals surface area contributed by atoms with Gasteiger partial charge in [0.25, 0.3) is 5.91 Å². The molecule has 0 bridgehead atoms. The Morgan fingerprint density at radius 1 is 1.26 bits per heavy atom. The molecule has 35 heavy (non-hydrogen) atoms. The molecule has 1 aliphatic carbocycles. The molecule has 7 nitrogen and oxygen atoms in total. The van der Waals surface area contributed by atoms with Crippen molar-refractivity contribution in [1.29, 1.82) is 0 Å². The third kappa shape index (κ3) is 5.27. The lowest BCUT2D eigenvalue weighted by Gasteiger charge is -2.30. The van der Waals surface area contributed by atoms with Crippen molar-refractivity contribution in [2.45, 2.75) is 49.9 Å². The van der Waals surface area contributed by atoms with E-state index in [0.29, 0.717) is 22.0 Å². The van der Waals surface area contributed by atoms with E-state index in [1.54, 1.807) is 42.6 Å². The van der Waals surface area contributed by atoms with E-state index in [9.17, 15) is 9.90 Å². The second-order valence-electron chi connectivity index (χ2n) is 9.21. The van der Waals surface area contributed by atoms with E-state index in [0.717, 1.165) is 45.0 Å². The first-order chi connectivity index (χ1) is 16.8. The number of pyridine rings is 1. The molecule has 1 aromatic carbocycles. The van der Waals surface area contributed by atoms with Crippen molar-refractivity contribution in [2.75, 3.05) is 19.6 Å². The van der Waals surface area contributed by atoms with Crippen molar-refractivity contribution in [1.82, 2.24) is 19.6 Å². The number of aliphatic hydroxyl groups is 1. The first kappa shape index (κ1) is 24.0. The van der Waals surface area contributed by atoms with Gasteiger partial charge in [0.2, 0.25) is 0 Å². The van der Waals surface area contributed by atoms with Gasteiger partial charge in [-0.1, -0.05) is 23.7 Å². The number of carbonyl (C=O) groups excluding carboxylic acids is 1. The Morgan fingerprint density at radius 2 is 2.03 bits per heavy atom. The number of ether oxygens (including phenoxy) is 1. The number of nitrogens with one attached hydrogen (secondary N) is 1. The molecule has 1 saturated carbocycles. The minimum atomic E-state index is -3.88. The molecule has 3 aromatic rings. The monoisotopic (exact) mass is 504 g/mol. The van der Waals surface area contributed by atoms with Crippen molar-refractivity contribution in [3.8, 4) is 5.75 Å². The third-order valence-corrected chi connectivity index (χ3v) is 6.73. The molecule has 1 amide bonds. The molecule has 2 N–H and O–H groups in total. The number of aliphatic hydroxyl groups excluding tert-OH is 1. The highest BCUT2D eigenvalue weighted by Gasteiger charge is 2.45. The average Bonchev–Trinajstić information content (AvgIpc) is 3.31. The molecule has 1 aliphatic heterocycles. The fourth-order valence-electron chi connectivity index (χ4n) is 4.32. The number of nitrogens with zero attached hydrogens (tertiary/aromatic N) is 3. The molecule has 186 valence electrons. The van der Waals surface area contributed by atoms with Crippen LogP contribution < -0.4 is 10.1 Å². The first-order valence-electron chi connectivity index (χ1n) is 11.8. The largest absolute Gasteiger partial charge is 0.489 e. The van der Waals surface area contributed by atoms with Gasteiger partial charge in [-0.05, 0) is 68.6 Å². The second-order valence-corrected chi connectivity index (χ2v) is 9.61. The number of halogens is 3. The molecule has 2 unspecified atom stereocenters. The first-order valence-corrected chi connectivity index (χ1v) is 12.2. The zero-order valence-electron chi connectivity index (χ0n) is 19.0. The van der Waals surface area contributed by atoms with Crippen molar-refractivity contribution in [3.05, 3.63) is 65.1 Å². The van der Waals surface area contributed by atoms with E-state index in [1.807, 2.05) is 4.90 Å². The normalized spacial score (nSPS) is 18.5. The molecule has 2 fully saturated rings. The van der Waals surface area contributed by atoms with Crippen LogP contribution in [0.15, 0.2) is 48.8 Å². The number of fused-ring (bicyclic) bond motifs is 1. The van der Waals surface area contributed by atoms with Gasteiger partial charge in [-0.25, -0.2) is 4.98 Å². The predicted octanol–water partition coefficient (Wildman–Crippen LogP) is 3.93. The van der Waals surface area contributed by atoms with Gasteiger partial charge in [-0.2, -0.15) is 8.78 Å². The van der Waals surface area contributed by atoms with Gasteiger partial charge in [0.1, 0.15) is 23.2 Å². The Morgan fingerprint density at radius 3 is 2.71 bits per heavy atom. The summed E-state index contributed by atoms with van der Waals surface area (Å²) in [6.45, 7) is 1.78. The fourth-order valence-corrected chi connectivity index (χ4v) is 4.56. The van der Waals surface area contributed by atoms with E-state index in [4.69, 9.17) is 16.3 Å². The number of hydrogen-bond donors (Lipinski definition) is 2. The Balaban J connectivity index is 1.36. The smallest absolute Gasteiger partial charge is 0.367 e. The number of carbonyl (C=O) groups is 1. The molecule has 2 aromatic heterocycles. The molecule has 1 saturated heterocycles. The van der Waals surface area contributed by atoms with Gasteiger partial charge in [0, 0.05) is 18.9 Å². The fraction of sp³-hybridized carbons (Fsp3) is 0.440. The van der Waals surface area contributed by atoms with Gasteiger partial charge >= 0.3 is 5.92 Å². The van der Waals surface area contributed by atoms with Crippen molar-refractivity contribution in [2.24, 2.45) is 0 Å². The van der Waals surface area contributed by atoms with E-state index in [2.05, 4.69) is 10.3 Å². The number of aromatic nitrogens is 2. The van der Waals surface area contributed by atoms with Crippen molar-refractivity contribution in [3.63, 3.8) is 0 Å². The van der Waals surface area contributed by atoms with E-state index >= 15 is 8.78 Å². The van der Waals surface area contributed by atoms with Gasteiger partial charge < -0.3 is 24.5 Å². The van der Waals surface area contributed by atoms with Crippen LogP contribution in [0.5, 0.6) is 5.75 Å². The van der Waals surface area contributed by atoms with E-state index < -0.39 is 29.7 Å². The number of likely N-dealkylation sites (tertiary alicyclic amines) is 1. The summed E-state index contributed by atoms with van der Waals surface area (Å²) >= 11 is 6.35. The zero-order valence-corrected chi connectivity index (χ0v) is 19.8. The lowest BCUT2D eigenvalue weighted by Crippen LogP contribution is -2.51. The summed E-state index contributed by atoms with van der Waals surface area (Å²) in [7, 11) is 0. The second kappa shape index (κ2) is 9.72. The number of amides is 1. The molecular formula is C25H27ClF2N4O3. The van der Waals surface area contributed by atoms with Crippen LogP contribution in [0, 0.1) is 0 Å². The summed E-state index contributed by atoms with van der Waals surface area (Å²) in [5.41, 5.74) is 0.0747. The van der Waals surface area contributed by atoms with Crippen LogP contribution in [-0.2, 0) is 10.7 Å². The van der Waals surface area contributed by atoms with Crippen LogP contribution in [0.2, 0.25) is 5.02 Å². The lowest BCUT2D eigenvalue weighted by molar-refractivity contribution is -0.149. The van der Waals surface area contributed by atoms with Crippen LogP contribution in [0.3, 0.4) is 0 Å². The average molecular weight is 505 g/mol. The maximum Gasteiger partial charge on any atom is 0.367 e. The topological polar surface area (TPSA) is 79.1 Å². The number of imidazole rings is 1. The van der Waals surface area contributed by atoms with Gasteiger partial charge in [0.15, 0.2) is 0 Å². The molecule has 2 atom stereocenters. The summed E-state index contributed by atoms with van der Waals surface area (Å²) < 4.78 is 37.5. The Labute approximate surface area is 206 Å². The van der Waals surface area contributed by atoms with Crippen LogP contribution in [0.1, 0.15) is 43.0 Å². The standard InChI is InChI=1S/C25H27ClF2N4O3/c26-18-13-16(6-9-20(18)35-17-7-8-17)23(33)19(14-31-10-3-4-11-31)29-24(34)25(27,28)21-15-32-12-2-1-5-22(32)30-21/h1-2,5-6,9,12-13,15,17,19,23,33H,3-4,7-8,10-11,14H2,(H,29,34). The molecule has 2 aliphatic rings. The summed E-state index contributed by atoms with van der Waals surface area (Å²) in [5, 5.41) is 13.9. The summed E-state index contributed by atoms with van der Waals surface area (Å²) in [6.07, 6.45) is 5.55. The maximum atomic E-state index is 15.2. The molecule has 0 radical (unpaired) electrons. The van der Waals surface area contributed by atoms with Crippen LogP contribution in [0.4, 0.5) is 8.78 Å². The molecule has 3 heterocycles. The third-order valence-electron chi connectivity index (χ3n) is 6.44. The van der Waals surface area contributed by atoms with E-state index in [-0.39, 0.29) is 12.6 Å². The van der Waals surface area contributed by atoms with Crippen molar-refractivity contribution < 1.29 is 23.4 Å². The highest BCUT2D eigenvalue weighted by atomic mass is 35.5. The van der Waals surface area contributed by atoms with Crippen LogP contribution >= 0.6 is 11.6 Å². The quantitative estimate of drug-likeness (QED) is 0.461. The van der Waals surface area contributed by atoms with Gasteiger partial charge in [-0.15, -0.1) is 0 Å². The molecular weight excluding hydrogens is 478 g/mol. The number of alkyl halides is 2.